The van der Waals surface area contributed by atoms with Gasteiger partial charge in [-0.05, 0) is 37.8 Å². The Morgan fingerprint density at radius 1 is 1.60 bits per heavy atom. The molecule has 5 nitrogen and oxygen atoms in total. The number of carbonyl (C=O) groups excluding carboxylic acids is 1. The van der Waals surface area contributed by atoms with Crippen molar-refractivity contribution < 1.29 is 9.53 Å². The Balaban J connectivity index is 2.05. The molecule has 2 heterocycles. The fraction of sp³-hybridized carbons (Fsp3) is 0.667. The van der Waals surface area contributed by atoms with Gasteiger partial charge in [0.1, 0.15) is 5.69 Å². The molecule has 1 amide bonds. The van der Waals surface area contributed by atoms with E-state index in [1.54, 1.807) is 7.11 Å². The van der Waals surface area contributed by atoms with Gasteiger partial charge in [-0.2, -0.15) is 0 Å². The number of ether oxygens (including phenoxy) is 1. The second-order valence-corrected chi connectivity index (χ2v) is 5.59. The van der Waals surface area contributed by atoms with Crippen LogP contribution in [-0.4, -0.2) is 48.2 Å². The van der Waals surface area contributed by atoms with Gasteiger partial charge in [0, 0.05) is 39.0 Å². The molecule has 1 aliphatic heterocycles. The number of hydrogen-bond donors (Lipinski definition) is 1. The molecular weight excluding hydrogens is 254 g/mol. The van der Waals surface area contributed by atoms with Gasteiger partial charge in [-0.25, -0.2) is 0 Å². The molecule has 0 bridgehead atoms. The van der Waals surface area contributed by atoms with Crippen LogP contribution < -0.4 is 5.73 Å². The highest BCUT2D eigenvalue weighted by Gasteiger charge is 2.27. The van der Waals surface area contributed by atoms with Crippen LogP contribution >= 0.6 is 0 Å². The van der Waals surface area contributed by atoms with E-state index >= 15 is 0 Å². The van der Waals surface area contributed by atoms with Crippen LogP contribution in [0.15, 0.2) is 18.3 Å². The summed E-state index contributed by atoms with van der Waals surface area (Å²) in [7, 11) is 1.67. The number of methoxy groups -OCH3 is 1. The lowest BCUT2D eigenvalue weighted by Gasteiger charge is -2.34. The molecule has 1 fully saturated rings. The van der Waals surface area contributed by atoms with E-state index in [1.807, 2.05) is 34.7 Å². The molecule has 1 saturated heterocycles. The number of aromatic nitrogens is 1. The van der Waals surface area contributed by atoms with Gasteiger partial charge in [0.15, 0.2) is 0 Å². The number of nitrogens with two attached hydrogens (primary N) is 1. The van der Waals surface area contributed by atoms with Crippen LogP contribution in [0.4, 0.5) is 0 Å². The Morgan fingerprint density at radius 3 is 3.10 bits per heavy atom. The van der Waals surface area contributed by atoms with Gasteiger partial charge in [0.25, 0.3) is 5.91 Å². The van der Waals surface area contributed by atoms with Crippen molar-refractivity contribution >= 4 is 5.91 Å². The van der Waals surface area contributed by atoms with E-state index in [-0.39, 0.29) is 11.9 Å². The van der Waals surface area contributed by atoms with Gasteiger partial charge in [-0.3, -0.25) is 4.79 Å². The SMILES string of the molecule is COCCn1cccc1C(=O)N1CCCC(C(C)N)C1. The normalized spacial score (nSPS) is 20.9. The molecule has 1 aromatic heterocycles. The lowest BCUT2D eigenvalue weighted by molar-refractivity contribution is 0.0648. The summed E-state index contributed by atoms with van der Waals surface area (Å²) < 4.78 is 7.04. The number of hydrogen-bond acceptors (Lipinski definition) is 3. The maximum absolute atomic E-state index is 12.6. The first-order valence-corrected chi connectivity index (χ1v) is 7.32. The second kappa shape index (κ2) is 6.90. The predicted octanol–water partition coefficient (Wildman–Crippen LogP) is 1.33. The van der Waals surface area contributed by atoms with E-state index in [0.29, 0.717) is 19.1 Å². The third-order valence-corrected chi connectivity index (χ3v) is 4.07. The van der Waals surface area contributed by atoms with Crippen molar-refractivity contribution in [2.75, 3.05) is 26.8 Å². The fourth-order valence-corrected chi connectivity index (χ4v) is 2.78. The van der Waals surface area contributed by atoms with Gasteiger partial charge in [0.05, 0.1) is 6.61 Å². The van der Waals surface area contributed by atoms with Crippen molar-refractivity contribution in [3.05, 3.63) is 24.0 Å². The van der Waals surface area contributed by atoms with Crippen LogP contribution in [0.2, 0.25) is 0 Å². The van der Waals surface area contributed by atoms with E-state index in [0.717, 1.165) is 31.6 Å². The zero-order valence-electron chi connectivity index (χ0n) is 12.4. The molecule has 2 unspecified atom stereocenters. The fourth-order valence-electron chi connectivity index (χ4n) is 2.78. The highest BCUT2D eigenvalue weighted by molar-refractivity contribution is 5.92. The van der Waals surface area contributed by atoms with E-state index in [9.17, 15) is 4.79 Å². The Morgan fingerprint density at radius 2 is 2.40 bits per heavy atom. The number of rotatable bonds is 5. The molecule has 5 heteroatoms. The second-order valence-electron chi connectivity index (χ2n) is 5.59. The average Bonchev–Trinajstić information content (AvgIpc) is 2.92. The summed E-state index contributed by atoms with van der Waals surface area (Å²) >= 11 is 0. The molecule has 0 aliphatic carbocycles. The zero-order valence-corrected chi connectivity index (χ0v) is 12.4. The maximum Gasteiger partial charge on any atom is 0.270 e. The van der Waals surface area contributed by atoms with E-state index in [2.05, 4.69) is 0 Å². The first kappa shape index (κ1) is 15.1. The molecule has 1 aliphatic rings. The van der Waals surface area contributed by atoms with Crippen molar-refractivity contribution in [2.24, 2.45) is 11.7 Å². The molecule has 20 heavy (non-hydrogen) atoms. The molecule has 0 saturated carbocycles. The summed E-state index contributed by atoms with van der Waals surface area (Å²) in [5, 5.41) is 0. The van der Waals surface area contributed by atoms with Crippen LogP contribution in [0, 0.1) is 5.92 Å². The maximum atomic E-state index is 12.6. The third-order valence-electron chi connectivity index (χ3n) is 4.07. The summed E-state index contributed by atoms with van der Waals surface area (Å²) in [6, 6.07) is 3.94. The Kier molecular flexibility index (Phi) is 5.20. The summed E-state index contributed by atoms with van der Waals surface area (Å²) in [6.07, 6.45) is 4.09. The molecule has 2 rings (SSSR count). The molecular formula is C15H25N3O2. The molecule has 1 aromatic rings. The third kappa shape index (κ3) is 3.41. The molecule has 0 aromatic carbocycles. The van der Waals surface area contributed by atoms with Crippen LogP contribution in [0.5, 0.6) is 0 Å². The number of carbonyl (C=O) groups is 1. The minimum atomic E-state index is 0.108. The minimum Gasteiger partial charge on any atom is -0.383 e. The lowest BCUT2D eigenvalue weighted by atomic mass is 9.92. The molecule has 0 radical (unpaired) electrons. The van der Waals surface area contributed by atoms with Gasteiger partial charge < -0.3 is 19.9 Å². The van der Waals surface area contributed by atoms with Crippen LogP contribution in [0.3, 0.4) is 0 Å². The van der Waals surface area contributed by atoms with Crippen molar-refractivity contribution in [1.29, 1.82) is 0 Å². The Labute approximate surface area is 120 Å². The topological polar surface area (TPSA) is 60.5 Å². The molecule has 2 atom stereocenters. The van der Waals surface area contributed by atoms with Crippen LogP contribution in [-0.2, 0) is 11.3 Å². The van der Waals surface area contributed by atoms with Crippen molar-refractivity contribution in [3.8, 4) is 0 Å². The van der Waals surface area contributed by atoms with Gasteiger partial charge in [0.2, 0.25) is 0 Å². The Hall–Kier alpha value is -1.33. The zero-order chi connectivity index (χ0) is 14.5. The summed E-state index contributed by atoms with van der Waals surface area (Å²) in [4.78, 5) is 14.6. The first-order valence-electron chi connectivity index (χ1n) is 7.32. The van der Waals surface area contributed by atoms with Crippen molar-refractivity contribution in [2.45, 2.75) is 32.4 Å². The van der Waals surface area contributed by atoms with E-state index in [1.165, 1.54) is 0 Å². The smallest absolute Gasteiger partial charge is 0.270 e. The molecule has 112 valence electrons. The number of nitrogens with zero attached hydrogens (tertiary/aromatic N) is 2. The van der Waals surface area contributed by atoms with Crippen molar-refractivity contribution in [1.82, 2.24) is 9.47 Å². The summed E-state index contributed by atoms with van der Waals surface area (Å²) in [6.45, 7) is 4.94. The van der Waals surface area contributed by atoms with Gasteiger partial charge in [-0.1, -0.05) is 0 Å². The number of likely N-dealkylation sites (tertiary alicyclic amines) is 1. The van der Waals surface area contributed by atoms with Gasteiger partial charge >= 0.3 is 0 Å². The first-order chi connectivity index (χ1) is 9.63. The van der Waals surface area contributed by atoms with Crippen LogP contribution in [0.25, 0.3) is 0 Å². The Bertz CT molecular complexity index is 442. The van der Waals surface area contributed by atoms with E-state index in [4.69, 9.17) is 10.5 Å². The summed E-state index contributed by atoms with van der Waals surface area (Å²) in [5.74, 6) is 0.520. The van der Waals surface area contributed by atoms with E-state index < -0.39 is 0 Å². The number of amides is 1. The van der Waals surface area contributed by atoms with Gasteiger partial charge in [-0.15, -0.1) is 0 Å². The van der Waals surface area contributed by atoms with Crippen LogP contribution in [0.1, 0.15) is 30.3 Å². The number of piperidine rings is 1. The minimum absolute atomic E-state index is 0.108. The summed E-state index contributed by atoms with van der Waals surface area (Å²) in [5.41, 5.74) is 6.73. The molecule has 0 spiro atoms. The predicted molar refractivity (Wildman–Crippen MR) is 78.6 cm³/mol. The largest absolute Gasteiger partial charge is 0.383 e. The highest BCUT2D eigenvalue weighted by atomic mass is 16.5. The monoisotopic (exact) mass is 279 g/mol. The quantitative estimate of drug-likeness (QED) is 0.884. The lowest BCUT2D eigenvalue weighted by Crippen LogP contribution is -2.45. The molecule has 2 N–H and O–H groups in total. The highest BCUT2D eigenvalue weighted by Crippen LogP contribution is 2.20. The standard InChI is InChI=1S/C15H25N3O2/c1-12(16)13-5-3-8-18(11-13)15(19)14-6-4-7-17(14)9-10-20-2/h4,6-7,12-13H,3,5,8-11,16H2,1-2H3. The van der Waals surface area contributed by atoms with Crippen molar-refractivity contribution in [3.63, 3.8) is 0 Å². The average molecular weight is 279 g/mol.